The Labute approximate surface area is 111 Å². The van der Waals surface area contributed by atoms with Crippen LogP contribution in [0.15, 0.2) is 21.6 Å². The van der Waals surface area contributed by atoms with Crippen molar-refractivity contribution >= 4 is 19.9 Å². The topological polar surface area (TPSA) is 114 Å². The van der Waals surface area contributed by atoms with Crippen LogP contribution in [0.2, 0.25) is 0 Å². The fourth-order valence-corrected chi connectivity index (χ4v) is 4.84. The Hall–Kier alpha value is -0.900. The van der Waals surface area contributed by atoms with Crippen molar-refractivity contribution < 1.29 is 26.4 Å². The van der Waals surface area contributed by atoms with E-state index in [0.717, 1.165) is 0 Å². The number of rotatable bonds is 5. The summed E-state index contributed by atoms with van der Waals surface area (Å²) >= 11 is 0. The second kappa shape index (κ2) is 5.23. The summed E-state index contributed by atoms with van der Waals surface area (Å²) in [5.74, 6) is 0.0700. The van der Waals surface area contributed by atoms with Gasteiger partial charge in [-0.1, -0.05) is 0 Å². The summed E-state index contributed by atoms with van der Waals surface area (Å²) in [6.45, 7) is -0.312. The van der Waals surface area contributed by atoms with Crippen LogP contribution < -0.4 is 4.72 Å². The van der Waals surface area contributed by atoms with E-state index in [1.165, 1.54) is 12.1 Å². The van der Waals surface area contributed by atoms with Gasteiger partial charge in [-0.15, -0.1) is 0 Å². The van der Waals surface area contributed by atoms with E-state index in [-0.39, 0.29) is 41.4 Å². The number of aliphatic hydroxyl groups is 1. The number of aliphatic hydroxyl groups excluding tert-OH is 1. The highest BCUT2D eigenvalue weighted by atomic mass is 32.2. The molecule has 2 N–H and O–H groups in total. The molecule has 0 radical (unpaired) electrons. The fraction of sp³-hybridized carbons (Fsp3) is 0.600. The standard InChI is InChI=1S/C10H15NO6S2/c12-6-9-1-2-10(17-9)19(15,16)11-5-8-3-4-18(13,14)7-8/h1-2,8,11-12H,3-7H2. The van der Waals surface area contributed by atoms with Crippen molar-refractivity contribution in [3.05, 3.63) is 17.9 Å². The molecule has 7 nitrogen and oxygen atoms in total. The van der Waals surface area contributed by atoms with Crippen molar-refractivity contribution in [1.82, 2.24) is 4.72 Å². The largest absolute Gasteiger partial charge is 0.446 e. The van der Waals surface area contributed by atoms with Crippen LogP contribution >= 0.6 is 0 Å². The number of nitrogens with one attached hydrogen (secondary N) is 1. The van der Waals surface area contributed by atoms with Crippen molar-refractivity contribution in [3.8, 4) is 0 Å². The van der Waals surface area contributed by atoms with Gasteiger partial charge in [0.2, 0.25) is 5.09 Å². The fourth-order valence-electron chi connectivity index (χ4n) is 1.92. The van der Waals surface area contributed by atoms with Gasteiger partial charge in [0, 0.05) is 6.54 Å². The molecule has 1 aliphatic rings. The summed E-state index contributed by atoms with van der Waals surface area (Å²) in [6, 6.07) is 2.62. The van der Waals surface area contributed by atoms with E-state index in [0.29, 0.717) is 6.42 Å². The average molecular weight is 309 g/mol. The normalized spacial score (nSPS) is 22.7. The molecule has 1 atom stereocenters. The van der Waals surface area contributed by atoms with Crippen LogP contribution in [0, 0.1) is 5.92 Å². The van der Waals surface area contributed by atoms with E-state index in [1.54, 1.807) is 0 Å². The Balaban J connectivity index is 1.98. The molecule has 0 amide bonds. The minimum atomic E-state index is -3.80. The van der Waals surface area contributed by atoms with Gasteiger partial charge in [-0.05, 0) is 24.5 Å². The molecule has 108 valence electrons. The SMILES string of the molecule is O=S1(=O)CCC(CNS(=O)(=O)c2ccc(CO)o2)C1. The van der Waals surface area contributed by atoms with Crippen molar-refractivity contribution in [2.45, 2.75) is 18.1 Å². The second-order valence-corrected chi connectivity index (χ2v) is 8.43. The number of sulfone groups is 1. The third-order valence-electron chi connectivity index (χ3n) is 2.95. The first kappa shape index (κ1) is 14.5. The zero-order valence-corrected chi connectivity index (χ0v) is 11.7. The quantitative estimate of drug-likeness (QED) is 0.757. The molecule has 1 saturated heterocycles. The summed E-state index contributed by atoms with van der Waals surface area (Å²) < 4.78 is 53.5. The molecule has 1 aromatic heterocycles. The lowest BCUT2D eigenvalue weighted by atomic mass is 10.1. The highest BCUT2D eigenvalue weighted by molar-refractivity contribution is 7.91. The highest BCUT2D eigenvalue weighted by Crippen LogP contribution is 2.19. The molecule has 1 aliphatic heterocycles. The molecule has 9 heteroatoms. The van der Waals surface area contributed by atoms with Crippen LogP contribution in [0.1, 0.15) is 12.2 Å². The van der Waals surface area contributed by atoms with Crippen molar-refractivity contribution in [1.29, 1.82) is 0 Å². The van der Waals surface area contributed by atoms with E-state index < -0.39 is 19.9 Å². The van der Waals surface area contributed by atoms with Gasteiger partial charge < -0.3 is 9.52 Å². The first-order chi connectivity index (χ1) is 8.82. The van der Waals surface area contributed by atoms with Crippen LogP contribution in [-0.4, -0.2) is 40.0 Å². The molecule has 0 spiro atoms. The maximum absolute atomic E-state index is 11.8. The van der Waals surface area contributed by atoms with Crippen LogP contribution in [-0.2, 0) is 26.5 Å². The van der Waals surface area contributed by atoms with Crippen molar-refractivity contribution in [2.24, 2.45) is 5.92 Å². The van der Waals surface area contributed by atoms with E-state index in [9.17, 15) is 16.8 Å². The molecule has 19 heavy (non-hydrogen) atoms. The number of hydrogen-bond acceptors (Lipinski definition) is 6. The van der Waals surface area contributed by atoms with Gasteiger partial charge in [-0.25, -0.2) is 21.6 Å². The summed E-state index contributed by atoms with van der Waals surface area (Å²) in [5, 5.41) is 8.52. The van der Waals surface area contributed by atoms with Gasteiger partial charge in [0.15, 0.2) is 9.84 Å². The predicted molar refractivity (Wildman–Crippen MR) is 66.6 cm³/mol. The zero-order chi connectivity index (χ0) is 14.1. The lowest BCUT2D eigenvalue weighted by molar-refractivity contribution is 0.236. The van der Waals surface area contributed by atoms with E-state index >= 15 is 0 Å². The molecule has 1 unspecified atom stereocenters. The zero-order valence-electron chi connectivity index (χ0n) is 10.1. The minimum Gasteiger partial charge on any atom is -0.446 e. The van der Waals surface area contributed by atoms with Gasteiger partial charge in [-0.2, -0.15) is 0 Å². The summed E-state index contributed by atoms with van der Waals surface area (Å²) in [6.07, 6.45) is 0.463. The maximum Gasteiger partial charge on any atom is 0.273 e. The highest BCUT2D eigenvalue weighted by Gasteiger charge is 2.29. The summed E-state index contributed by atoms with van der Waals surface area (Å²) in [7, 11) is -6.82. The van der Waals surface area contributed by atoms with Gasteiger partial charge in [-0.3, -0.25) is 0 Å². The van der Waals surface area contributed by atoms with Crippen LogP contribution in [0.4, 0.5) is 0 Å². The lowest BCUT2D eigenvalue weighted by Gasteiger charge is -2.08. The molecular formula is C10H15NO6S2. The molecule has 0 saturated carbocycles. The average Bonchev–Trinajstić information content (AvgIpc) is 2.93. The van der Waals surface area contributed by atoms with Gasteiger partial charge in [0.05, 0.1) is 11.5 Å². The Kier molecular flexibility index (Phi) is 4.00. The second-order valence-electron chi connectivity index (χ2n) is 4.50. The Bertz CT molecular complexity index is 645. The van der Waals surface area contributed by atoms with Crippen LogP contribution in [0.5, 0.6) is 0 Å². The first-order valence-corrected chi connectivity index (χ1v) is 9.02. The van der Waals surface area contributed by atoms with E-state index in [2.05, 4.69) is 4.72 Å². The maximum atomic E-state index is 11.8. The predicted octanol–water partition coefficient (Wildman–Crippen LogP) is -0.515. The molecular weight excluding hydrogens is 294 g/mol. The summed E-state index contributed by atoms with van der Waals surface area (Å²) in [4.78, 5) is 0. The monoisotopic (exact) mass is 309 g/mol. The Morgan fingerprint density at radius 1 is 1.42 bits per heavy atom. The van der Waals surface area contributed by atoms with Crippen molar-refractivity contribution in [3.63, 3.8) is 0 Å². The number of sulfonamides is 1. The number of furan rings is 1. The Morgan fingerprint density at radius 2 is 2.16 bits per heavy atom. The van der Waals surface area contributed by atoms with Crippen LogP contribution in [0.3, 0.4) is 0 Å². The summed E-state index contributed by atoms with van der Waals surface area (Å²) in [5.41, 5.74) is 0. The smallest absolute Gasteiger partial charge is 0.273 e. The molecule has 1 fully saturated rings. The third kappa shape index (κ3) is 3.56. The van der Waals surface area contributed by atoms with E-state index in [4.69, 9.17) is 9.52 Å². The van der Waals surface area contributed by atoms with Gasteiger partial charge >= 0.3 is 0 Å². The molecule has 1 aromatic rings. The molecule has 0 aliphatic carbocycles. The molecule has 0 aromatic carbocycles. The van der Waals surface area contributed by atoms with Crippen LogP contribution in [0.25, 0.3) is 0 Å². The Morgan fingerprint density at radius 3 is 2.68 bits per heavy atom. The molecule has 2 heterocycles. The van der Waals surface area contributed by atoms with Gasteiger partial charge in [0.1, 0.15) is 12.4 Å². The first-order valence-electron chi connectivity index (χ1n) is 5.72. The van der Waals surface area contributed by atoms with Crippen molar-refractivity contribution in [2.75, 3.05) is 18.1 Å². The third-order valence-corrected chi connectivity index (χ3v) is 6.08. The minimum absolute atomic E-state index is 0.00949. The van der Waals surface area contributed by atoms with Gasteiger partial charge in [0.25, 0.3) is 10.0 Å². The number of hydrogen-bond donors (Lipinski definition) is 2. The lowest BCUT2D eigenvalue weighted by Crippen LogP contribution is -2.29. The molecule has 2 rings (SSSR count). The van der Waals surface area contributed by atoms with E-state index in [1.807, 2.05) is 0 Å². The molecule has 0 bridgehead atoms.